The summed E-state index contributed by atoms with van der Waals surface area (Å²) in [6.07, 6.45) is 0.758. The smallest absolute Gasteiger partial charge is 0.287 e. The van der Waals surface area contributed by atoms with Crippen LogP contribution in [0.3, 0.4) is 0 Å². The van der Waals surface area contributed by atoms with E-state index in [2.05, 4.69) is 26.1 Å². The van der Waals surface area contributed by atoms with E-state index in [0.717, 1.165) is 6.42 Å². The van der Waals surface area contributed by atoms with Gasteiger partial charge in [-0.1, -0.05) is 20.8 Å². The van der Waals surface area contributed by atoms with Crippen LogP contribution in [0, 0.1) is 5.41 Å². The first-order chi connectivity index (χ1) is 8.80. The molecule has 6 nitrogen and oxygen atoms in total. The third-order valence-electron chi connectivity index (χ3n) is 2.51. The maximum absolute atomic E-state index is 12.0. The molecule has 0 aliphatic heterocycles. The summed E-state index contributed by atoms with van der Waals surface area (Å²) in [6, 6.07) is 2.46. The number of hydrogen-bond donors (Lipinski definition) is 2. The van der Waals surface area contributed by atoms with Gasteiger partial charge in [0.25, 0.3) is 15.9 Å². The van der Waals surface area contributed by atoms with Gasteiger partial charge in [0.1, 0.15) is 0 Å². The molecule has 0 saturated heterocycles. The molecule has 1 aromatic heterocycles. The summed E-state index contributed by atoms with van der Waals surface area (Å²) in [5, 5.41) is 7.33. The van der Waals surface area contributed by atoms with Crippen molar-refractivity contribution < 1.29 is 17.6 Å². The summed E-state index contributed by atoms with van der Waals surface area (Å²) in [5.74, 6) is -0.537. The number of carbonyl (C=O) groups is 1. The maximum Gasteiger partial charge on any atom is 0.287 e. The van der Waals surface area contributed by atoms with Gasteiger partial charge in [-0.3, -0.25) is 4.79 Å². The molecule has 0 spiro atoms. The van der Waals surface area contributed by atoms with Gasteiger partial charge in [-0.15, -0.1) is 0 Å². The monoisotopic (exact) mass is 302 g/mol. The Morgan fingerprint density at radius 3 is 2.20 bits per heavy atom. The van der Waals surface area contributed by atoms with Crippen LogP contribution in [0.5, 0.6) is 0 Å². The second-order valence-electron chi connectivity index (χ2n) is 6.74. The summed E-state index contributed by atoms with van der Waals surface area (Å²) in [6.45, 7) is 10.0. The fraction of sp³-hybridized carbons (Fsp3) is 0.615. The summed E-state index contributed by atoms with van der Waals surface area (Å²) >= 11 is 0. The highest BCUT2D eigenvalue weighted by Gasteiger charge is 2.28. The summed E-state index contributed by atoms with van der Waals surface area (Å²) in [4.78, 5) is 12.0. The van der Waals surface area contributed by atoms with E-state index in [-0.39, 0.29) is 11.2 Å². The van der Waals surface area contributed by atoms with Gasteiger partial charge < -0.3 is 9.73 Å². The van der Waals surface area contributed by atoms with E-state index in [4.69, 9.17) is 9.56 Å². The number of nitrogens with one attached hydrogen (secondary N) is 1. The Hall–Kier alpha value is -1.34. The third-order valence-corrected chi connectivity index (χ3v) is 3.29. The van der Waals surface area contributed by atoms with E-state index in [1.54, 1.807) is 0 Å². The normalized spacial score (nSPS) is 13.3. The zero-order chi connectivity index (χ0) is 15.8. The van der Waals surface area contributed by atoms with Crippen molar-refractivity contribution in [2.75, 3.05) is 0 Å². The molecule has 1 aromatic rings. The zero-order valence-corrected chi connectivity index (χ0v) is 13.3. The van der Waals surface area contributed by atoms with E-state index >= 15 is 0 Å². The van der Waals surface area contributed by atoms with Crippen molar-refractivity contribution in [2.24, 2.45) is 10.6 Å². The van der Waals surface area contributed by atoms with Gasteiger partial charge in [-0.25, -0.2) is 13.6 Å². The van der Waals surface area contributed by atoms with Crippen LogP contribution in [0.15, 0.2) is 21.6 Å². The largest absolute Gasteiger partial charge is 0.438 e. The van der Waals surface area contributed by atoms with Gasteiger partial charge in [0.15, 0.2) is 5.76 Å². The van der Waals surface area contributed by atoms with Crippen LogP contribution in [-0.4, -0.2) is 19.9 Å². The standard InChI is InChI=1S/C13H22N2O4S/c1-12(2,3)8-13(4,5)15-11(16)9-6-7-10(19-9)20(14,17)18/h6-7H,8H2,1-5H3,(H,15,16)(H2,14,17,18). The van der Waals surface area contributed by atoms with Gasteiger partial charge in [0.05, 0.1) is 0 Å². The number of primary sulfonamides is 1. The van der Waals surface area contributed by atoms with Crippen LogP contribution in [0.1, 0.15) is 51.6 Å². The predicted molar refractivity (Wildman–Crippen MR) is 75.7 cm³/mol. The van der Waals surface area contributed by atoms with Gasteiger partial charge in [-0.05, 0) is 37.8 Å². The first kappa shape index (κ1) is 16.7. The SMILES string of the molecule is CC(C)(C)CC(C)(C)NC(=O)c1ccc(S(N)(=O)=O)o1. The highest BCUT2D eigenvalue weighted by molar-refractivity contribution is 7.89. The van der Waals surface area contributed by atoms with E-state index in [1.165, 1.54) is 12.1 Å². The number of sulfonamides is 1. The predicted octanol–water partition coefficient (Wildman–Crippen LogP) is 1.87. The van der Waals surface area contributed by atoms with Crippen molar-refractivity contribution in [1.82, 2.24) is 5.32 Å². The van der Waals surface area contributed by atoms with E-state index in [1.807, 2.05) is 13.8 Å². The molecule has 0 unspecified atom stereocenters. The number of nitrogens with two attached hydrogens (primary N) is 1. The lowest BCUT2D eigenvalue weighted by atomic mass is 9.82. The van der Waals surface area contributed by atoms with E-state index in [9.17, 15) is 13.2 Å². The molecule has 0 fully saturated rings. The van der Waals surface area contributed by atoms with Crippen LogP contribution in [0.25, 0.3) is 0 Å². The van der Waals surface area contributed by atoms with Crippen molar-refractivity contribution in [3.8, 4) is 0 Å². The van der Waals surface area contributed by atoms with Crippen molar-refractivity contribution in [1.29, 1.82) is 0 Å². The molecular weight excluding hydrogens is 280 g/mol. The molecule has 1 heterocycles. The molecule has 1 rings (SSSR count). The van der Waals surface area contributed by atoms with Gasteiger partial charge in [-0.2, -0.15) is 0 Å². The number of carbonyl (C=O) groups excluding carboxylic acids is 1. The fourth-order valence-corrected chi connectivity index (χ4v) is 2.80. The average Bonchev–Trinajstić information content (AvgIpc) is 2.59. The van der Waals surface area contributed by atoms with Crippen molar-refractivity contribution in [3.63, 3.8) is 0 Å². The van der Waals surface area contributed by atoms with Crippen molar-refractivity contribution in [3.05, 3.63) is 17.9 Å². The number of amides is 1. The highest BCUT2D eigenvalue weighted by atomic mass is 32.2. The first-order valence-electron chi connectivity index (χ1n) is 6.25. The molecule has 0 aliphatic rings. The Balaban J connectivity index is 2.84. The second-order valence-corrected chi connectivity index (χ2v) is 8.23. The minimum Gasteiger partial charge on any atom is -0.438 e. The molecule has 20 heavy (non-hydrogen) atoms. The first-order valence-corrected chi connectivity index (χ1v) is 7.80. The lowest BCUT2D eigenvalue weighted by molar-refractivity contribution is 0.0857. The fourth-order valence-electron chi connectivity index (χ4n) is 2.33. The molecule has 114 valence electrons. The molecule has 0 aliphatic carbocycles. The molecule has 0 saturated carbocycles. The molecule has 0 radical (unpaired) electrons. The molecule has 0 atom stereocenters. The highest BCUT2D eigenvalue weighted by Crippen LogP contribution is 2.27. The Labute approximate surface area is 119 Å². The van der Waals surface area contributed by atoms with Crippen LogP contribution in [-0.2, 0) is 10.0 Å². The maximum atomic E-state index is 12.0. The average molecular weight is 302 g/mol. The van der Waals surface area contributed by atoms with Crippen LogP contribution >= 0.6 is 0 Å². The van der Waals surface area contributed by atoms with Gasteiger partial charge in [0.2, 0.25) is 5.09 Å². The molecule has 3 N–H and O–H groups in total. The van der Waals surface area contributed by atoms with Crippen LogP contribution < -0.4 is 10.5 Å². The van der Waals surface area contributed by atoms with E-state index in [0.29, 0.717) is 0 Å². The topological polar surface area (TPSA) is 102 Å². The molecule has 0 bridgehead atoms. The Kier molecular flexibility index (Phi) is 4.36. The van der Waals surface area contributed by atoms with Crippen LogP contribution in [0.2, 0.25) is 0 Å². The summed E-state index contributed by atoms with van der Waals surface area (Å²) < 4.78 is 27.1. The minimum atomic E-state index is -3.93. The number of rotatable bonds is 4. The van der Waals surface area contributed by atoms with E-state index < -0.39 is 26.6 Å². The van der Waals surface area contributed by atoms with Gasteiger partial charge in [0, 0.05) is 5.54 Å². The molecule has 1 amide bonds. The second kappa shape index (κ2) is 5.21. The van der Waals surface area contributed by atoms with Gasteiger partial charge >= 0.3 is 0 Å². The minimum absolute atomic E-state index is 0.0473. The summed E-state index contributed by atoms with van der Waals surface area (Å²) in [7, 11) is -3.93. The van der Waals surface area contributed by atoms with Crippen LogP contribution in [0.4, 0.5) is 0 Å². The Bertz CT molecular complexity index is 594. The third kappa shape index (κ3) is 4.97. The van der Waals surface area contributed by atoms with Crippen molar-refractivity contribution in [2.45, 2.75) is 51.7 Å². The molecule has 0 aromatic carbocycles. The lowest BCUT2D eigenvalue weighted by Crippen LogP contribution is -2.45. The Morgan fingerprint density at radius 1 is 1.25 bits per heavy atom. The molecular formula is C13H22N2O4S. The quantitative estimate of drug-likeness (QED) is 0.886. The van der Waals surface area contributed by atoms with Crippen molar-refractivity contribution >= 4 is 15.9 Å². The molecule has 7 heteroatoms. The number of furan rings is 1. The Morgan fingerprint density at radius 2 is 1.80 bits per heavy atom. The lowest BCUT2D eigenvalue weighted by Gasteiger charge is -2.33. The number of hydrogen-bond acceptors (Lipinski definition) is 4. The zero-order valence-electron chi connectivity index (χ0n) is 12.5. The summed E-state index contributed by atoms with van der Waals surface area (Å²) in [5.41, 5.74) is -0.393.